The molecule has 1 aromatic rings. The van der Waals surface area contributed by atoms with E-state index < -0.39 is 11.7 Å². The molecule has 0 saturated carbocycles. The van der Waals surface area contributed by atoms with Crippen molar-refractivity contribution in [3.8, 4) is 0 Å². The summed E-state index contributed by atoms with van der Waals surface area (Å²) in [7, 11) is 0. The van der Waals surface area contributed by atoms with Crippen molar-refractivity contribution in [1.29, 1.82) is 0 Å². The van der Waals surface area contributed by atoms with E-state index in [4.69, 9.17) is 0 Å². The van der Waals surface area contributed by atoms with Crippen LogP contribution >= 0.6 is 0 Å². The predicted octanol–water partition coefficient (Wildman–Crippen LogP) is 3.54. The molecule has 0 aliphatic heterocycles. The third-order valence-electron chi connectivity index (χ3n) is 2.75. The molecule has 0 saturated heterocycles. The van der Waals surface area contributed by atoms with Crippen LogP contribution in [0.2, 0.25) is 0 Å². The summed E-state index contributed by atoms with van der Waals surface area (Å²) < 4.78 is 27.2. The first-order valence-electron chi connectivity index (χ1n) is 5.30. The van der Waals surface area contributed by atoms with Gasteiger partial charge in [-0.25, -0.2) is 0 Å². The Bertz CT molecular complexity index is 461. The Labute approximate surface area is 92.8 Å². The minimum absolute atomic E-state index is 0.161. The third kappa shape index (κ3) is 1.56. The van der Waals surface area contributed by atoms with E-state index in [9.17, 15) is 13.6 Å². The SMILES string of the molecule is CCCC1=CC(=O)C(F)(F)c2ccccc21. The first-order chi connectivity index (χ1) is 7.57. The number of halogens is 2. The Kier molecular flexibility index (Phi) is 2.62. The molecule has 0 heterocycles. The third-order valence-corrected chi connectivity index (χ3v) is 2.75. The smallest absolute Gasteiger partial charge is 0.288 e. The van der Waals surface area contributed by atoms with Crippen molar-refractivity contribution in [2.24, 2.45) is 0 Å². The first kappa shape index (κ1) is 11.0. The lowest BCUT2D eigenvalue weighted by Crippen LogP contribution is -2.28. The van der Waals surface area contributed by atoms with Gasteiger partial charge in [-0.05, 0) is 23.6 Å². The van der Waals surface area contributed by atoms with Crippen LogP contribution in [-0.4, -0.2) is 5.78 Å². The summed E-state index contributed by atoms with van der Waals surface area (Å²) >= 11 is 0. The highest BCUT2D eigenvalue weighted by Crippen LogP contribution is 2.40. The van der Waals surface area contributed by atoms with E-state index in [1.807, 2.05) is 6.92 Å². The van der Waals surface area contributed by atoms with Crippen molar-refractivity contribution >= 4 is 11.4 Å². The van der Waals surface area contributed by atoms with Gasteiger partial charge in [0.15, 0.2) is 0 Å². The van der Waals surface area contributed by atoms with Crippen molar-refractivity contribution in [2.45, 2.75) is 25.7 Å². The van der Waals surface area contributed by atoms with Crippen LogP contribution in [0.4, 0.5) is 8.78 Å². The molecule has 1 aliphatic rings. The molecule has 2 rings (SSSR count). The fraction of sp³-hybridized carbons (Fsp3) is 0.308. The molecule has 1 nitrogen and oxygen atoms in total. The summed E-state index contributed by atoms with van der Waals surface area (Å²) in [5.74, 6) is -4.47. The molecule has 0 unspecified atom stereocenters. The van der Waals surface area contributed by atoms with E-state index in [0.29, 0.717) is 17.6 Å². The number of ketones is 1. The van der Waals surface area contributed by atoms with E-state index in [0.717, 1.165) is 12.5 Å². The number of allylic oxidation sites excluding steroid dienone is 2. The van der Waals surface area contributed by atoms with Gasteiger partial charge in [-0.15, -0.1) is 0 Å². The normalized spacial score (nSPS) is 17.9. The lowest BCUT2D eigenvalue weighted by atomic mass is 9.85. The lowest BCUT2D eigenvalue weighted by molar-refractivity contribution is -0.139. The Morgan fingerprint density at radius 1 is 1.25 bits per heavy atom. The molecule has 0 bridgehead atoms. The average Bonchev–Trinajstić information content (AvgIpc) is 2.27. The van der Waals surface area contributed by atoms with Crippen LogP contribution in [-0.2, 0) is 10.7 Å². The highest BCUT2D eigenvalue weighted by molar-refractivity contribution is 6.05. The zero-order valence-electron chi connectivity index (χ0n) is 8.97. The number of carbonyl (C=O) groups excluding carboxylic acids is 1. The summed E-state index contributed by atoms with van der Waals surface area (Å²) in [6, 6.07) is 6.23. The summed E-state index contributed by atoms with van der Waals surface area (Å²) in [4.78, 5) is 11.3. The van der Waals surface area contributed by atoms with Crippen LogP contribution in [0.25, 0.3) is 5.57 Å². The number of hydrogen-bond acceptors (Lipinski definition) is 1. The summed E-state index contributed by atoms with van der Waals surface area (Å²) in [5.41, 5.74) is 1.06. The summed E-state index contributed by atoms with van der Waals surface area (Å²) in [6.45, 7) is 1.96. The number of benzene rings is 1. The standard InChI is InChI=1S/C13H12F2O/c1-2-5-9-8-12(16)13(14,15)11-7-4-3-6-10(9)11/h3-4,6-8H,2,5H2,1H3. The fourth-order valence-electron chi connectivity index (χ4n) is 1.97. The number of carbonyl (C=O) groups is 1. The van der Waals surface area contributed by atoms with Crippen molar-refractivity contribution in [2.75, 3.05) is 0 Å². The van der Waals surface area contributed by atoms with E-state index >= 15 is 0 Å². The van der Waals surface area contributed by atoms with Crippen LogP contribution in [0.15, 0.2) is 30.3 Å². The maximum absolute atomic E-state index is 13.6. The molecular weight excluding hydrogens is 210 g/mol. The predicted molar refractivity (Wildman–Crippen MR) is 58.2 cm³/mol. The second kappa shape index (κ2) is 3.81. The molecule has 0 amide bonds. The van der Waals surface area contributed by atoms with Crippen LogP contribution in [0, 0.1) is 0 Å². The number of rotatable bonds is 2. The van der Waals surface area contributed by atoms with Crippen LogP contribution in [0.1, 0.15) is 30.9 Å². The maximum Gasteiger partial charge on any atom is 0.334 e. The molecule has 84 valence electrons. The van der Waals surface area contributed by atoms with Crippen molar-refractivity contribution in [3.63, 3.8) is 0 Å². The Morgan fingerprint density at radius 3 is 2.62 bits per heavy atom. The van der Waals surface area contributed by atoms with E-state index in [-0.39, 0.29) is 5.56 Å². The molecule has 0 radical (unpaired) electrons. The van der Waals surface area contributed by atoms with Gasteiger partial charge in [0.05, 0.1) is 0 Å². The van der Waals surface area contributed by atoms with Gasteiger partial charge in [-0.2, -0.15) is 8.78 Å². The second-order valence-corrected chi connectivity index (χ2v) is 3.90. The topological polar surface area (TPSA) is 17.1 Å². The average molecular weight is 222 g/mol. The van der Waals surface area contributed by atoms with Gasteiger partial charge in [0, 0.05) is 5.56 Å². The fourth-order valence-corrected chi connectivity index (χ4v) is 1.97. The zero-order valence-corrected chi connectivity index (χ0v) is 8.97. The van der Waals surface area contributed by atoms with Crippen LogP contribution < -0.4 is 0 Å². The van der Waals surface area contributed by atoms with Crippen LogP contribution in [0.3, 0.4) is 0 Å². The molecule has 0 fully saturated rings. The van der Waals surface area contributed by atoms with Crippen molar-refractivity contribution in [3.05, 3.63) is 41.5 Å². The Morgan fingerprint density at radius 2 is 1.94 bits per heavy atom. The Hall–Kier alpha value is -1.51. The van der Waals surface area contributed by atoms with Gasteiger partial charge in [-0.1, -0.05) is 37.6 Å². The van der Waals surface area contributed by atoms with E-state index in [1.54, 1.807) is 12.1 Å². The van der Waals surface area contributed by atoms with E-state index in [2.05, 4.69) is 0 Å². The molecule has 0 aromatic heterocycles. The van der Waals surface area contributed by atoms with Gasteiger partial charge in [0.1, 0.15) is 0 Å². The summed E-state index contributed by atoms with van der Waals surface area (Å²) in [5, 5.41) is 0. The second-order valence-electron chi connectivity index (χ2n) is 3.90. The highest BCUT2D eigenvalue weighted by atomic mass is 19.3. The number of fused-ring (bicyclic) bond motifs is 1. The minimum Gasteiger partial charge on any atom is -0.288 e. The monoisotopic (exact) mass is 222 g/mol. The van der Waals surface area contributed by atoms with Gasteiger partial charge < -0.3 is 0 Å². The van der Waals surface area contributed by atoms with E-state index in [1.165, 1.54) is 12.1 Å². The number of hydrogen-bond donors (Lipinski definition) is 0. The summed E-state index contributed by atoms with van der Waals surface area (Å²) in [6.07, 6.45) is 2.57. The minimum atomic E-state index is -3.37. The van der Waals surface area contributed by atoms with Gasteiger partial charge >= 0.3 is 5.92 Å². The maximum atomic E-state index is 13.6. The molecular formula is C13H12F2O. The molecule has 0 spiro atoms. The molecule has 16 heavy (non-hydrogen) atoms. The molecule has 3 heteroatoms. The Balaban J connectivity index is 2.59. The van der Waals surface area contributed by atoms with Gasteiger partial charge in [0.25, 0.3) is 0 Å². The largest absolute Gasteiger partial charge is 0.334 e. The molecule has 0 atom stereocenters. The molecule has 1 aromatic carbocycles. The number of alkyl halides is 2. The van der Waals surface area contributed by atoms with Gasteiger partial charge in [-0.3, -0.25) is 4.79 Å². The zero-order chi connectivity index (χ0) is 11.8. The molecule has 1 aliphatic carbocycles. The highest BCUT2D eigenvalue weighted by Gasteiger charge is 2.44. The van der Waals surface area contributed by atoms with Crippen LogP contribution in [0.5, 0.6) is 0 Å². The molecule has 0 N–H and O–H groups in total. The van der Waals surface area contributed by atoms with Gasteiger partial charge in [0.2, 0.25) is 5.78 Å². The van der Waals surface area contributed by atoms with Crippen molar-refractivity contribution in [1.82, 2.24) is 0 Å². The quantitative estimate of drug-likeness (QED) is 0.747. The first-order valence-corrected chi connectivity index (χ1v) is 5.30. The van der Waals surface area contributed by atoms with Crippen molar-refractivity contribution < 1.29 is 13.6 Å². The lowest BCUT2D eigenvalue weighted by Gasteiger charge is -2.23.